The Labute approximate surface area is 99.1 Å². The van der Waals surface area contributed by atoms with Gasteiger partial charge in [0.25, 0.3) is 0 Å². The molecule has 0 aliphatic carbocycles. The molecule has 0 saturated carbocycles. The minimum absolute atomic E-state index is 0.0446. The molecule has 0 fully saturated rings. The summed E-state index contributed by atoms with van der Waals surface area (Å²) in [5.41, 5.74) is 5.66. The second kappa shape index (κ2) is 8.53. The molecule has 96 valence electrons. The zero-order valence-corrected chi connectivity index (χ0v) is 11.0. The van der Waals surface area contributed by atoms with Crippen molar-refractivity contribution in [1.29, 1.82) is 0 Å². The first-order valence-corrected chi connectivity index (χ1v) is 6.04. The molecule has 1 amide bonds. The van der Waals surface area contributed by atoms with E-state index in [0.29, 0.717) is 25.6 Å². The molecule has 0 aromatic rings. The van der Waals surface area contributed by atoms with Gasteiger partial charge in [-0.3, -0.25) is 4.79 Å². The largest absolute Gasteiger partial charge is 0.383 e. The van der Waals surface area contributed by atoms with Crippen LogP contribution in [-0.2, 0) is 9.53 Å². The topological polar surface area (TPSA) is 55.6 Å². The summed E-state index contributed by atoms with van der Waals surface area (Å²) < 4.78 is 4.99. The number of nitrogens with two attached hydrogens (primary N) is 1. The molecule has 16 heavy (non-hydrogen) atoms. The highest BCUT2D eigenvalue weighted by Gasteiger charge is 2.22. The number of likely N-dealkylation sites (N-methyl/N-ethyl adjacent to an activating group) is 1. The van der Waals surface area contributed by atoms with Crippen molar-refractivity contribution in [2.75, 3.05) is 33.4 Å². The van der Waals surface area contributed by atoms with Crippen LogP contribution in [0.5, 0.6) is 0 Å². The average molecular weight is 230 g/mol. The molecule has 0 bridgehead atoms. The first-order valence-electron chi connectivity index (χ1n) is 6.04. The zero-order chi connectivity index (χ0) is 12.6. The van der Waals surface area contributed by atoms with Crippen LogP contribution in [0.15, 0.2) is 0 Å². The fraction of sp³-hybridized carbons (Fsp3) is 0.917. The lowest BCUT2D eigenvalue weighted by Gasteiger charge is -2.26. The van der Waals surface area contributed by atoms with Crippen molar-refractivity contribution in [2.45, 2.75) is 27.2 Å². The van der Waals surface area contributed by atoms with E-state index < -0.39 is 0 Å². The molecule has 0 heterocycles. The number of hydrogen-bond acceptors (Lipinski definition) is 3. The van der Waals surface area contributed by atoms with Crippen molar-refractivity contribution in [3.8, 4) is 0 Å². The standard InChI is InChI=1S/C12H26N2O2/c1-5-14(6-7-16-4)12(15)11(9-13)8-10(2)3/h10-11H,5-9,13H2,1-4H3. The van der Waals surface area contributed by atoms with Gasteiger partial charge < -0.3 is 15.4 Å². The third-order valence-corrected chi connectivity index (χ3v) is 2.65. The summed E-state index contributed by atoms with van der Waals surface area (Å²) in [5, 5.41) is 0. The van der Waals surface area contributed by atoms with E-state index in [-0.39, 0.29) is 11.8 Å². The summed E-state index contributed by atoms with van der Waals surface area (Å²) in [7, 11) is 1.65. The molecule has 1 unspecified atom stereocenters. The van der Waals surface area contributed by atoms with Crippen LogP contribution >= 0.6 is 0 Å². The molecule has 0 aliphatic heterocycles. The molecule has 0 radical (unpaired) electrons. The van der Waals surface area contributed by atoms with Gasteiger partial charge in [-0.2, -0.15) is 0 Å². The van der Waals surface area contributed by atoms with Crippen molar-refractivity contribution in [2.24, 2.45) is 17.6 Å². The molecule has 2 N–H and O–H groups in total. The number of ether oxygens (including phenoxy) is 1. The average Bonchev–Trinajstić information content (AvgIpc) is 2.26. The summed E-state index contributed by atoms with van der Waals surface area (Å²) >= 11 is 0. The number of nitrogens with zero attached hydrogens (tertiary/aromatic N) is 1. The van der Waals surface area contributed by atoms with Crippen LogP contribution in [0, 0.1) is 11.8 Å². The van der Waals surface area contributed by atoms with E-state index in [0.717, 1.165) is 13.0 Å². The molecule has 0 saturated heterocycles. The van der Waals surface area contributed by atoms with Gasteiger partial charge >= 0.3 is 0 Å². The summed E-state index contributed by atoms with van der Waals surface area (Å²) in [4.78, 5) is 14.0. The minimum Gasteiger partial charge on any atom is -0.383 e. The number of rotatable bonds is 8. The second-order valence-corrected chi connectivity index (χ2v) is 4.47. The van der Waals surface area contributed by atoms with Crippen LogP contribution in [0.2, 0.25) is 0 Å². The Bertz CT molecular complexity index is 195. The Morgan fingerprint density at radius 1 is 1.44 bits per heavy atom. The van der Waals surface area contributed by atoms with Gasteiger partial charge in [0.05, 0.1) is 12.5 Å². The van der Waals surface area contributed by atoms with Crippen molar-refractivity contribution < 1.29 is 9.53 Å². The molecular weight excluding hydrogens is 204 g/mol. The van der Waals surface area contributed by atoms with Gasteiger partial charge in [-0.1, -0.05) is 13.8 Å². The molecule has 0 rings (SSSR count). The lowest BCUT2D eigenvalue weighted by molar-refractivity contribution is -0.136. The van der Waals surface area contributed by atoms with Gasteiger partial charge in [0.2, 0.25) is 5.91 Å². The number of methoxy groups -OCH3 is 1. The van der Waals surface area contributed by atoms with E-state index in [2.05, 4.69) is 13.8 Å². The maximum Gasteiger partial charge on any atom is 0.227 e. The molecular formula is C12H26N2O2. The lowest BCUT2D eigenvalue weighted by atomic mass is 9.96. The van der Waals surface area contributed by atoms with Crippen LogP contribution in [0.25, 0.3) is 0 Å². The summed E-state index contributed by atoms with van der Waals surface area (Å²) in [5.74, 6) is 0.617. The van der Waals surface area contributed by atoms with Crippen molar-refractivity contribution in [3.05, 3.63) is 0 Å². The number of amides is 1. The van der Waals surface area contributed by atoms with E-state index in [1.54, 1.807) is 7.11 Å². The van der Waals surface area contributed by atoms with Gasteiger partial charge in [0.1, 0.15) is 0 Å². The van der Waals surface area contributed by atoms with E-state index in [1.165, 1.54) is 0 Å². The summed E-state index contributed by atoms with van der Waals surface area (Å²) in [6.45, 7) is 8.59. The predicted octanol–water partition coefficient (Wildman–Crippen LogP) is 1.10. The van der Waals surface area contributed by atoms with Crippen molar-refractivity contribution in [3.63, 3.8) is 0 Å². The Kier molecular flexibility index (Phi) is 8.21. The van der Waals surface area contributed by atoms with Gasteiger partial charge in [-0.25, -0.2) is 0 Å². The monoisotopic (exact) mass is 230 g/mol. The molecule has 1 atom stereocenters. The first kappa shape index (κ1) is 15.4. The molecule has 4 heteroatoms. The van der Waals surface area contributed by atoms with Crippen LogP contribution < -0.4 is 5.73 Å². The number of carbonyl (C=O) groups is 1. The summed E-state index contributed by atoms with van der Waals surface area (Å²) in [6.07, 6.45) is 0.860. The van der Waals surface area contributed by atoms with E-state index >= 15 is 0 Å². The second-order valence-electron chi connectivity index (χ2n) is 4.47. The SMILES string of the molecule is CCN(CCOC)C(=O)C(CN)CC(C)C. The van der Waals surface area contributed by atoms with Crippen LogP contribution in [0.4, 0.5) is 0 Å². The Hall–Kier alpha value is -0.610. The van der Waals surface area contributed by atoms with E-state index in [1.807, 2.05) is 11.8 Å². The Morgan fingerprint density at radius 3 is 2.44 bits per heavy atom. The Morgan fingerprint density at radius 2 is 2.06 bits per heavy atom. The lowest BCUT2D eigenvalue weighted by Crippen LogP contribution is -2.41. The van der Waals surface area contributed by atoms with Crippen molar-refractivity contribution in [1.82, 2.24) is 4.90 Å². The van der Waals surface area contributed by atoms with Crippen LogP contribution in [0.3, 0.4) is 0 Å². The first-order chi connectivity index (χ1) is 7.56. The van der Waals surface area contributed by atoms with Crippen LogP contribution in [-0.4, -0.2) is 44.2 Å². The number of carbonyl (C=O) groups excluding carboxylic acids is 1. The quantitative estimate of drug-likeness (QED) is 0.679. The zero-order valence-electron chi connectivity index (χ0n) is 11.0. The molecule has 4 nitrogen and oxygen atoms in total. The van der Waals surface area contributed by atoms with Gasteiger partial charge in [-0.05, 0) is 19.3 Å². The van der Waals surface area contributed by atoms with E-state index in [4.69, 9.17) is 10.5 Å². The highest BCUT2D eigenvalue weighted by atomic mass is 16.5. The van der Waals surface area contributed by atoms with Crippen molar-refractivity contribution >= 4 is 5.91 Å². The maximum atomic E-state index is 12.1. The smallest absolute Gasteiger partial charge is 0.227 e. The highest BCUT2D eigenvalue weighted by molar-refractivity contribution is 5.79. The fourth-order valence-corrected chi connectivity index (χ4v) is 1.75. The molecule has 0 aromatic heterocycles. The third-order valence-electron chi connectivity index (χ3n) is 2.65. The maximum absolute atomic E-state index is 12.1. The normalized spacial score (nSPS) is 12.9. The fourth-order valence-electron chi connectivity index (χ4n) is 1.75. The predicted molar refractivity (Wildman–Crippen MR) is 66.1 cm³/mol. The third kappa shape index (κ3) is 5.47. The summed E-state index contributed by atoms with van der Waals surface area (Å²) in [6, 6.07) is 0. The minimum atomic E-state index is -0.0446. The van der Waals surface area contributed by atoms with Gasteiger partial charge in [0.15, 0.2) is 0 Å². The Balaban J connectivity index is 4.32. The van der Waals surface area contributed by atoms with Gasteiger partial charge in [0, 0.05) is 26.7 Å². The highest BCUT2D eigenvalue weighted by Crippen LogP contribution is 2.13. The van der Waals surface area contributed by atoms with Gasteiger partial charge in [-0.15, -0.1) is 0 Å². The molecule has 0 aliphatic rings. The molecule has 0 spiro atoms. The van der Waals surface area contributed by atoms with E-state index in [9.17, 15) is 4.79 Å². The molecule has 0 aromatic carbocycles. The van der Waals surface area contributed by atoms with Crippen LogP contribution in [0.1, 0.15) is 27.2 Å². The number of hydrogen-bond donors (Lipinski definition) is 1.